The fraction of sp³-hybridized carbons (Fsp3) is 0.727. The number of hydrogen-bond donors (Lipinski definition) is 1. The van der Waals surface area contributed by atoms with Gasteiger partial charge in [0.25, 0.3) is 0 Å². The van der Waals surface area contributed by atoms with Gasteiger partial charge in [0.1, 0.15) is 6.42 Å². The largest absolute Gasteiger partial charge is 0.481 e. The van der Waals surface area contributed by atoms with Gasteiger partial charge in [0, 0.05) is 13.0 Å². The summed E-state index contributed by atoms with van der Waals surface area (Å²) in [6.45, 7) is 3.18. The van der Waals surface area contributed by atoms with Gasteiger partial charge in [0.2, 0.25) is 5.89 Å². The zero-order chi connectivity index (χ0) is 12.1. The minimum Gasteiger partial charge on any atom is -0.481 e. The van der Waals surface area contributed by atoms with Gasteiger partial charge in [-0.3, -0.25) is 4.79 Å². The predicted molar refractivity (Wildman–Crippen MR) is 59.6 cm³/mol. The first kappa shape index (κ1) is 12.0. The third-order valence-electron chi connectivity index (χ3n) is 2.91. The Balaban J connectivity index is 1.78. The molecule has 1 aromatic rings. The van der Waals surface area contributed by atoms with E-state index in [4.69, 9.17) is 9.63 Å². The standard InChI is InChI=1S/C11H17N3O3/c15-11(16)8-9-12-10(17-13-9)4-7-14-5-2-1-3-6-14/h1-8H2,(H,15,16). The molecule has 1 aromatic heterocycles. The molecule has 0 radical (unpaired) electrons. The van der Waals surface area contributed by atoms with E-state index in [1.165, 1.54) is 19.3 Å². The molecule has 1 saturated heterocycles. The molecule has 1 fully saturated rings. The molecule has 0 saturated carbocycles. The molecule has 6 heteroatoms. The van der Waals surface area contributed by atoms with Crippen molar-refractivity contribution < 1.29 is 14.4 Å². The van der Waals surface area contributed by atoms with Crippen molar-refractivity contribution in [3.05, 3.63) is 11.7 Å². The zero-order valence-corrected chi connectivity index (χ0v) is 9.76. The van der Waals surface area contributed by atoms with Crippen LogP contribution < -0.4 is 0 Å². The number of aliphatic carboxylic acids is 1. The average Bonchev–Trinajstić information content (AvgIpc) is 2.75. The Bertz CT molecular complexity index is 372. The molecule has 1 N–H and O–H groups in total. The van der Waals surface area contributed by atoms with Crippen LogP contribution in [0.5, 0.6) is 0 Å². The first-order chi connectivity index (χ1) is 8.24. The highest BCUT2D eigenvalue weighted by Gasteiger charge is 2.13. The van der Waals surface area contributed by atoms with E-state index in [-0.39, 0.29) is 12.2 Å². The summed E-state index contributed by atoms with van der Waals surface area (Å²) < 4.78 is 5.01. The molecular weight excluding hydrogens is 222 g/mol. The summed E-state index contributed by atoms with van der Waals surface area (Å²) in [5, 5.41) is 12.2. The molecule has 0 bridgehead atoms. The summed E-state index contributed by atoms with van der Waals surface area (Å²) in [5.74, 6) is -0.147. The summed E-state index contributed by atoms with van der Waals surface area (Å²) in [7, 11) is 0. The van der Waals surface area contributed by atoms with Crippen LogP contribution in [-0.2, 0) is 17.6 Å². The van der Waals surface area contributed by atoms with E-state index < -0.39 is 5.97 Å². The fourth-order valence-corrected chi connectivity index (χ4v) is 2.04. The average molecular weight is 239 g/mol. The van der Waals surface area contributed by atoms with Gasteiger partial charge in [-0.1, -0.05) is 11.6 Å². The maximum atomic E-state index is 10.5. The van der Waals surface area contributed by atoms with Gasteiger partial charge in [-0.2, -0.15) is 4.98 Å². The molecule has 0 amide bonds. The van der Waals surface area contributed by atoms with E-state index in [2.05, 4.69) is 15.0 Å². The van der Waals surface area contributed by atoms with Gasteiger partial charge < -0.3 is 14.5 Å². The number of hydrogen-bond acceptors (Lipinski definition) is 5. The molecular formula is C11H17N3O3. The monoisotopic (exact) mass is 239 g/mol. The molecule has 1 aliphatic rings. The molecule has 94 valence electrons. The Morgan fingerprint density at radius 2 is 2.12 bits per heavy atom. The molecule has 2 rings (SSSR count). The maximum Gasteiger partial charge on any atom is 0.311 e. The molecule has 0 aromatic carbocycles. The predicted octanol–water partition coefficient (Wildman–Crippen LogP) is 0.725. The Morgan fingerprint density at radius 1 is 1.35 bits per heavy atom. The van der Waals surface area contributed by atoms with Crippen LogP contribution >= 0.6 is 0 Å². The summed E-state index contributed by atoms with van der Waals surface area (Å²) in [4.78, 5) is 16.9. The van der Waals surface area contributed by atoms with Crippen LogP contribution in [-0.4, -0.2) is 45.8 Å². The number of nitrogens with zero attached hydrogens (tertiary/aromatic N) is 3. The van der Waals surface area contributed by atoms with Crippen LogP contribution in [0.4, 0.5) is 0 Å². The second-order valence-corrected chi connectivity index (χ2v) is 4.33. The number of likely N-dealkylation sites (tertiary alicyclic amines) is 1. The van der Waals surface area contributed by atoms with Crippen LogP contribution in [0, 0.1) is 0 Å². The molecule has 6 nitrogen and oxygen atoms in total. The van der Waals surface area contributed by atoms with Crippen molar-refractivity contribution in [3.8, 4) is 0 Å². The number of carboxylic acid groups (broad SMARTS) is 1. The quantitative estimate of drug-likeness (QED) is 0.815. The molecule has 1 aliphatic heterocycles. The van der Waals surface area contributed by atoms with Gasteiger partial charge in [0.15, 0.2) is 5.82 Å². The maximum absolute atomic E-state index is 10.5. The number of rotatable bonds is 5. The number of carboxylic acids is 1. The van der Waals surface area contributed by atoms with Crippen LogP contribution in [0.3, 0.4) is 0 Å². The Hall–Kier alpha value is -1.43. The number of aromatic nitrogens is 2. The second-order valence-electron chi connectivity index (χ2n) is 4.33. The number of piperidine rings is 1. The number of carbonyl (C=O) groups is 1. The first-order valence-electron chi connectivity index (χ1n) is 5.99. The second kappa shape index (κ2) is 5.77. The van der Waals surface area contributed by atoms with Crippen molar-refractivity contribution in [1.29, 1.82) is 0 Å². The molecule has 17 heavy (non-hydrogen) atoms. The summed E-state index contributed by atoms with van der Waals surface area (Å²) in [5.41, 5.74) is 0. The van der Waals surface area contributed by atoms with Crippen LogP contribution in [0.1, 0.15) is 31.0 Å². The van der Waals surface area contributed by atoms with Gasteiger partial charge in [-0.25, -0.2) is 0 Å². The molecule has 0 atom stereocenters. The highest BCUT2D eigenvalue weighted by Crippen LogP contribution is 2.09. The van der Waals surface area contributed by atoms with Gasteiger partial charge in [-0.15, -0.1) is 0 Å². The third-order valence-corrected chi connectivity index (χ3v) is 2.91. The topological polar surface area (TPSA) is 79.5 Å². The third kappa shape index (κ3) is 3.81. The lowest BCUT2D eigenvalue weighted by Gasteiger charge is -2.25. The Morgan fingerprint density at radius 3 is 2.82 bits per heavy atom. The van der Waals surface area contributed by atoms with E-state index in [1.54, 1.807) is 0 Å². The van der Waals surface area contributed by atoms with Gasteiger partial charge in [0.05, 0.1) is 0 Å². The van der Waals surface area contributed by atoms with Crippen molar-refractivity contribution in [2.45, 2.75) is 32.1 Å². The van der Waals surface area contributed by atoms with E-state index in [0.717, 1.165) is 19.6 Å². The lowest BCUT2D eigenvalue weighted by molar-refractivity contribution is -0.136. The SMILES string of the molecule is O=C(O)Cc1noc(CCN2CCCCC2)n1. The normalized spacial score (nSPS) is 17.2. The first-order valence-corrected chi connectivity index (χ1v) is 5.99. The lowest BCUT2D eigenvalue weighted by Crippen LogP contribution is -2.31. The van der Waals surface area contributed by atoms with Crippen molar-refractivity contribution in [3.63, 3.8) is 0 Å². The summed E-state index contributed by atoms with van der Waals surface area (Å²) in [6, 6.07) is 0. The highest BCUT2D eigenvalue weighted by atomic mass is 16.5. The fourth-order valence-electron chi connectivity index (χ4n) is 2.04. The lowest BCUT2D eigenvalue weighted by atomic mass is 10.1. The van der Waals surface area contributed by atoms with E-state index in [1.807, 2.05) is 0 Å². The van der Waals surface area contributed by atoms with Gasteiger partial charge >= 0.3 is 5.97 Å². The van der Waals surface area contributed by atoms with Crippen molar-refractivity contribution in [2.75, 3.05) is 19.6 Å². The summed E-state index contributed by atoms with van der Waals surface area (Å²) >= 11 is 0. The van der Waals surface area contributed by atoms with Crippen molar-refractivity contribution in [2.24, 2.45) is 0 Å². The highest BCUT2D eigenvalue weighted by molar-refractivity contribution is 5.68. The van der Waals surface area contributed by atoms with Crippen molar-refractivity contribution in [1.82, 2.24) is 15.0 Å². The molecule has 2 heterocycles. The molecule has 0 unspecified atom stereocenters. The van der Waals surface area contributed by atoms with Crippen molar-refractivity contribution >= 4 is 5.97 Å². The Labute approximate surface area is 99.6 Å². The minimum atomic E-state index is -0.937. The summed E-state index contributed by atoms with van der Waals surface area (Å²) in [6.07, 6.45) is 4.36. The van der Waals surface area contributed by atoms with Crippen LogP contribution in [0.2, 0.25) is 0 Å². The van der Waals surface area contributed by atoms with E-state index in [9.17, 15) is 4.79 Å². The Kier molecular flexibility index (Phi) is 4.08. The smallest absolute Gasteiger partial charge is 0.311 e. The van der Waals surface area contributed by atoms with E-state index >= 15 is 0 Å². The minimum absolute atomic E-state index is 0.173. The van der Waals surface area contributed by atoms with E-state index in [0.29, 0.717) is 12.3 Å². The zero-order valence-electron chi connectivity index (χ0n) is 9.76. The van der Waals surface area contributed by atoms with Crippen LogP contribution in [0.25, 0.3) is 0 Å². The van der Waals surface area contributed by atoms with Crippen LogP contribution in [0.15, 0.2) is 4.52 Å². The molecule has 0 spiro atoms. The molecule has 0 aliphatic carbocycles. The van der Waals surface area contributed by atoms with Gasteiger partial charge in [-0.05, 0) is 25.9 Å².